The lowest BCUT2D eigenvalue weighted by molar-refractivity contribution is -0.136. The monoisotopic (exact) mass is 274 g/mol. The first kappa shape index (κ1) is 14.1. The van der Waals surface area contributed by atoms with Crippen molar-refractivity contribution in [2.75, 3.05) is 6.61 Å². The van der Waals surface area contributed by atoms with E-state index in [0.29, 0.717) is 13.0 Å². The summed E-state index contributed by atoms with van der Waals surface area (Å²) < 4.78 is 7.12. The molecule has 0 amide bonds. The number of carboxylic acid groups (broad SMARTS) is 1. The largest absolute Gasteiger partial charge is 0.494 e. The van der Waals surface area contributed by atoms with E-state index in [1.54, 1.807) is 4.68 Å². The molecular weight excluding hydrogens is 256 g/mol. The summed E-state index contributed by atoms with van der Waals surface area (Å²) in [6, 6.07) is 7.68. The minimum atomic E-state index is -0.800. The minimum absolute atomic E-state index is 0.107. The van der Waals surface area contributed by atoms with Crippen LogP contribution in [0.15, 0.2) is 30.5 Å². The van der Waals surface area contributed by atoms with Gasteiger partial charge in [0, 0.05) is 25.2 Å². The highest BCUT2D eigenvalue weighted by molar-refractivity contribution is 5.69. The number of carboxylic acids is 1. The average Bonchev–Trinajstić information content (AvgIpc) is 2.79. The molecule has 0 fully saturated rings. The van der Waals surface area contributed by atoms with Crippen LogP contribution in [0, 0.1) is 0 Å². The van der Waals surface area contributed by atoms with E-state index in [1.165, 1.54) is 0 Å². The van der Waals surface area contributed by atoms with Gasteiger partial charge in [-0.1, -0.05) is 0 Å². The predicted octanol–water partition coefficient (Wildman–Crippen LogP) is 2.50. The zero-order valence-corrected chi connectivity index (χ0v) is 11.7. The van der Waals surface area contributed by atoms with Crippen LogP contribution in [0.1, 0.15) is 18.9 Å². The van der Waals surface area contributed by atoms with E-state index >= 15 is 0 Å². The summed E-state index contributed by atoms with van der Waals surface area (Å²) in [5.74, 6) is 0.0192. The molecule has 5 nitrogen and oxygen atoms in total. The highest BCUT2D eigenvalue weighted by Gasteiger charge is 2.11. The Morgan fingerprint density at radius 3 is 2.65 bits per heavy atom. The maximum Gasteiger partial charge on any atom is 0.303 e. The Morgan fingerprint density at radius 1 is 1.35 bits per heavy atom. The third-order valence-corrected chi connectivity index (χ3v) is 2.95. The normalized spacial score (nSPS) is 10.5. The number of hydrogen-bond acceptors (Lipinski definition) is 3. The van der Waals surface area contributed by atoms with Gasteiger partial charge in [-0.3, -0.25) is 9.48 Å². The number of benzene rings is 1. The van der Waals surface area contributed by atoms with Crippen molar-refractivity contribution in [2.24, 2.45) is 7.05 Å². The zero-order chi connectivity index (χ0) is 14.5. The van der Waals surface area contributed by atoms with Crippen LogP contribution in [0.5, 0.6) is 5.75 Å². The van der Waals surface area contributed by atoms with Crippen LogP contribution in [-0.4, -0.2) is 27.5 Å². The van der Waals surface area contributed by atoms with Gasteiger partial charge in [0.2, 0.25) is 0 Å². The van der Waals surface area contributed by atoms with Crippen molar-refractivity contribution >= 4 is 5.97 Å². The molecule has 0 bridgehead atoms. The lowest BCUT2D eigenvalue weighted by atomic mass is 10.0. The van der Waals surface area contributed by atoms with Gasteiger partial charge in [-0.15, -0.1) is 0 Å². The number of aryl methyl sites for hydroxylation is 2. The van der Waals surface area contributed by atoms with E-state index in [9.17, 15) is 4.79 Å². The highest BCUT2D eigenvalue weighted by atomic mass is 16.5. The summed E-state index contributed by atoms with van der Waals surface area (Å²) >= 11 is 0. The van der Waals surface area contributed by atoms with Gasteiger partial charge in [-0.25, -0.2) is 0 Å². The van der Waals surface area contributed by atoms with Crippen molar-refractivity contribution in [2.45, 2.75) is 19.8 Å². The van der Waals surface area contributed by atoms with Crippen LogP contribution in [0.4, 0.5) is 0 Å². The molecule has 1 aromatic heterocycles. The van der Waals surface area contributed by atoms with Crippen molar-refractivity contribution in [3.05, 3.63) is 36.0 Å². The van der Waals surface area contributed by atoms with Crippen molar-refractivity contribution in [3.8, 4) is 17.0 Å². The van der Waals surface area contributed by atoms with Crippen LogP contribution >= 0.6 is 0 Å². The Bertz CT molecular complexity index is 588. The van der Waals surface area contributed by atoms with Crippen molar-refractivity contribution in [1.29, 1.82) is 0 Å². The Hall–Kier alpha value is -2.30. The van der Waals surface area contributed by atoms with E-state index in [1.807, 2.05) is 44.4 Å². The van der Waals surface area contributed by atoms with Gasteiger partial charge in [-0.05, 0) is 43.2 Å². The van der Waals surface area contributed by atoms with Crippen LogP contribution in [0.2, 0.25) is 0 Å². The summed E-state index contributed by atoms with van der Waals surface area (Å²) in [4.78, 5) is 10.7. The molecule has 1 heterocycles. The summed E-state index contributed by atoms with van der Waals surface area (Å²) in [6.07, 6.45) is 2.45. The lowest BCUT2D eigenvalue weighted by Crippen LogP contribution is -1.98. The van der Waals surface area contributed by atoms with Crippen LogP contribution in [0.3, 0.4) is 0 Å². The van der Waals surface area contributed by atoms with E-state index in [0.717, 1.165) is 22.6 Å². The fraction of sp³-hybridized carbons (Fsp3) is 0.333. The fourth-order valence-electron chi connectivity index (χ4n) is 2.08. The molecule has 0 atom stereocenters. The molecule has 0 aliphatic carbocycles. The molecule has 20 heavy (non-hydrogen) atoms. The van der Waals surface area contributed by atoms with Crippen molar-refractivity contribution in [3.63, 3.8) is 0 Å². The van der Waals surface area contributed by atoms with Gasteiger partial charge < -0.3 is 9.84 Å². The highest BCUT2D eigenvalue weighted by Crippen LogP contribution is 2.25. The number of ether oxygens (including phenoxy) is 1. The molecule has 0 spiro atoms. The predicted molar refractivity (Wildman–Crippen MR) is 75.8 cm³/mol. The van der Waals surface area contributed by atoms with E-state index in [4.69, 9.17) is 9.84 Å². The smallest absolute Gasteiger partial charge is 0.303 e. The summed E-state index contributed by atoms with van der Waals surface area (Å²) in [5, 5.41) is 13.2. The van der Waals surface area contributed by atoms with E-state index in [2.05, 4.69) is 5.10 Å². The Balaban J connectivity index is 2.24. The molecule has 0 saturated carbocycles. The van der Waals surface area contributed by atoms with Crippen molar-refractivity contribution in [1.82, 2.24) is 9.78 Å². The number of nitrogens with zero attached hydrogens (tertiary/aromatic N) is 2. The number of aromatic nitrogens is 2. The van der Waals surface area contributed by atoms with E-state index in [-0.39, 0.29) is 6.42 Å². The van der Waals surface area contributed by atoms with Gasteiger partial charge in [0.25, 0.3) is 0 Å². The number of hydrogen-bond donors (Lipinski definition) is 1. The van der Waals surface area contributed by atoms with Gasteiger partial charge in [0.1, 0.15) is 5.75 Å². The minimum Gasteiger partial charge on any atom is -0.494 e. The first-order chi connectivity index (χ1) is 9.60. The van der Waals surface area contributed by atoms with Gasteiger partial charge in [0.05, 0.1) is 12.3 Å². The fourth-order valence-corrected chi connectivity index (χ4v) is 2.08. The average molecular weight is 274 g/mol. The Morgan fingerprint density at radius 2 is 2.05 bits per heavy atom. The summed E-state index contributed by atoms with van der Waals surface area (Å²) in [6.45, 7) is 2.57. The maximum absolute atomic E-state index is 10.7. The summed E-state index contributed by atoms with van der Waals surface area (Å²) in [5.41, 5.74) is 2.74. The molecular formula is C15H18N2O3. The molecule has 0 aliphatic heterocycles. The van der Waals surface area contributed by atoms with Crippen LogP contribution in [-0.2, 0) is 18.3 Å². The van der Waals surface area contributed by atoms with Crippen molar-refractivity contribution < 1.29 is 14.6 Å². The second kappa shape index (κ2) is 6.23. The molecule has 0 unspecified atom stereocenters. The SMILES string of the molecule is CCOc1ccc(-c2nn(C)cc2CCC(=O)O)cc1. The quantitative estimate of drug-likeness (QED) is 0.879. The number of rotatable bonds is 6. The Kier molecular flexibility index (Phi) is 4.40. The summed E-state index contributed by atoms with van der Waals surface area (Å²) in [7, 11) is 1.84. The number of carbonyl (C=O) groups is 1. The third-order valence-electron chi connectivity index (χ3n) is 2.95. The van der Waals surface area contributed by atoms with Gasteiger partial charge in [0.15, 0.2) is 0 Å². The van der Waals surface area contributed by atoms with Gasteiger partial charge >= 0.3 is 5.97 Å². The lowest BCUT2D eigenvalue weighted by Gasteiger charge is -2.05. The molecule has 0 saturated heterocycles. The topological polar surface area (TPSA) is 64.4 Å². The third kappa shape index (κ3) is 3.38. The molecule has 5 heteroatoms. The molecule has 1 aromatic carbocycles. The van der Waals surface area contributed by atoms with Crippen LogP contribution in [0.25, 0.3) is 11.3 Å². The zero-order valence-electron chi connectivity index (χ0n) is 11.7. The van der Waals surface area contributed by atoms with E-state index < -0.39 is 5.97 Å². The molecule has 106 valence electrons. The maximum atomic E-state index is 10.7. The first-order valence-corrected chi connectivity index (χ1v) is 6.57. The second-order valence-corrected chi connectivity index (χ2v) is 4.53. The first-order valence-electron chi connectivity index (χ1n) is 6.57. The standard InChI is InChI=1S/C15H18N2O3/c1-3-20-13-7-4-11(5-8-13)15-12(6-9-14(18)19)10-17(2)16-15/h4-5,7-8,10H,3,6,9H2,1-2H3,(H,18,19). The molecule has 0 radical (unpaired) electrons. The Labute approximate surface area is 117 Å². The molecule has 2 aromatic rings. The molecule has 2 rings (SSSR count). The molecule has 0 aliphatic rings. The second-order valence-electron chi connectivity index (χ2n) is 4.53. The number of aliphatic carboxylic acids is 1. The van der Waals surface area contributed by atoms with Gasteiger partial charge in [-0.2, -0.15) is 5.10 Å². The molecule has 1 N–H and O–H groups in total. The van der Waals surface area contributed by atoms with Crippen LogP contribution < -0.4 is 4.74 Å².